The fourth-order valence-corrected chi connectivity index (χ4v) is 4.73. The van der Waals surface area contributed by atoms with Gasteiger partial charge in [-0.2, -0.15) is 5.10 Å². The monoisotopic (exact) mass is 413 g/mol. The molecule has 1 aliphatic rings. The van der Waals surface area contributed by atoms with Gasteiger partial charge in [0.2, 0.25) is 5.91 Å². The van der Waals surface area contributed by atoms with Crippen molar-refractivity contribution in [2.24, 2.45) is 0 Å². The van der Waals surface area contributed by atoms with Crippen LogP contribution in [0.1, 0.15) is 36.6 Å². The molecular formula is C25H27N5O. The van der Waals surface area contributed by atoms with E-state index in [0.717, 1.165) is 37.1 Å². The molecule has 5 rings (SSSR count). The molecule has 1 fully saturated rings. The number of hydrogen-bond acceptors (Lipinski definition) is 3. The molecule has 158 valence electrons. The largest absolute Gasteiger partial charge is 0.358 e. The Morgan fingerprint density at radius 3 is 2.77 bits per heavy atom. The lowest BCUT2D eigenvalue weighted by Gasteiger charge is -2.33. The third kappa shape index (κ3) is 3.85. The van der Waals surface area contributed by atoms with Gasteiger partial charge in [0.1, 0.15) is 0 Å². The zero-order chi connectivity index (χ0) is 21.2. The minimum absolute atomic E-state index is 0.209. The van der Waals surface area contributed by atoms with Crippen molar-refractivity contribution in [3.8, 4) is 11.1 Å². The van der Waals surface area contributed by atoms with E-state index >= 15 is 0 Å². The SMILES string of the molecule is Cc1ccnn1CCC(=O)N1CCCC(c2[nH]c3ccccc3c2-c2ccncc2)C1. The Balaban J connectivity index is 1.40. The second-order valence-corrected chi connectivity index (χ2v) is 8.32. The Morgan fingerprint density at radius 2 is 1.97 bits per heavy atom. The van der Waals surface area contributed by atoms with Crippen LogP contribution in [0.3, 0.4) is 0 Å². The van der Waals surface area contributed by atoms with Crippen LogP contribution < -0.4 is 0 Å². The molecule has 0 bridgehead atoms. The molecule has 4 aromatic rings. The number of pyridine rings is 1. The Morgan fingerprint density at radius 1 is 1.13 bits per heavy atom. The van der Waals surface area contributed by atoms with Crippen molar-refractivity contribution < 1.29 is 4.79 Å². The number of H-pyrrole nitrogens is 1. The molecule has 31 heavy (non-hydrogen) atoms. The number of likely N-dealkylation sites (tertiary alicyclic amines) is 1. The first kappa shape index (κ1) is 19.5. The topological polar surface area (TPSA) is 66.8 Å². The lowest BCUT2D eigenvalue weighted by Crippen LogP contribution is -2.39. The molecule has 0 spiro atoms. The number of carbonyl (C=O) groups excluding carboxylic acids is 1. The molecule has 6 heteroatoms. The summed E-state index contributed by atoms with van der Waals surface area (Å²) < 4.78 is 1.90. The number of para-hydroxylation sites is 1. The third-order valence-corrected chi connectivity index (χ3v) is 6.35. The van der Waals surface area contributed by atoms with Gasteiger partial charge in [0, 0.05) is 78.4 Å². The van der Waals surface area contributed by atoms with Crippen molar-refractivity contribution in [1.29, 1.82) is 0 Å². The molecule has 1 unspecified atom stereocenters. The molecule has 4 heterocycles. The van der Waals surface area contributed by atoms with Gasteiger partial charge in [0.25, 0.3) is 0 Å². The summed E-state index contributed by atoms with van der Waals surface area (Å²) in [6.45, 7) is 4.23. The van der Waals surface area contributed by atoms with Crippen molar-refractivity contribution in [2.75, 3.05) is 13.1 Å². The highest BCUT2D eigenvalue weighted by atomic mass is 16.2. The van der Waals surface area contributed by atoms with E-state index in [-0.39, 0.29) is 5.91 Å². The van der Waals surface area contributed by atoms with Gasteiger partial charge in [-0.1, -0.05) is 18.2 Å². The van der Waals surface area contributed by atoms with E-state index in [0.29, 0.717) is 18.9 Å². The number of fused-ring (bicyclic) bond motifs is 1. The number of carbonyl (C=O) groups is 1. The number of nitrogens with one attached hydrogen (secondary N) is 1. The fraction of sp³-hybridized carbons (Fsp3) is 0.320. The molecule has 1 saturated heterocycles. The van der Waals surface area contributed by atoms with Gasteiger partial charge in [-0.15, -0.1) is 0 Å². The van der Waals surface area contributed by atoms with Crippen molar-refractivity contribution in [3.05, 3.63) is 72.4 Å². The maximum atomic E-state index is 13.0. The van der Waals surface area contributed by atoms with E-state index in [1.54, 1.807) is 6.20 Å². The molecule has 1 aromatic carbocycles. The fourth-order valence-electron chi connectivity index (χ4n) is 4.73. The van der Waals surface area contributed by atoms with Crippen LogP contribution in [0.2, 0.25) is 0 Å². The second-order valence-electron chi connectivity index (χ2n) is 8.32. The van der Waals surface area contributed by atoms with Gasteiger partial charge >= 0.3 is 0 Å². The van der Waals surface area contributed by atoms with Crippen LogP contribution in [-0.2, 0) is 11.3 Å². The summed E-state index contributed by atoms with van der Waals surface area (Å²) in [4.78, 5) is 22.9. The van der Waals surface area contributed by atoms with Gasteiger partial charge in [0.05, 0.1) is 0 Å². The van der Waals surface area contributed by atoms with Crippen molar-refractivity contribution in [2.45, 2.75) is 38.6 Å². The average Bonchev–Trinajstić information content (AvgIpc) is 3.41. The van der Waals surface area contributed by atoms with Crippen LogP contribution >= 0.6 is 0 Å². The van der Waals surface area contributed by atoms with E-state index in [2.05, 4.69) is 51.5 Å². The van der Waals surface area contributed by atoms with Gasteiger partial charge < -0.3 is 9.88 Å². The Bertz CT molecular complexity index is 1190. The number of hydrogen-bond donors (Lipinski definition) is 1. The number of piperidine rings is 1. The number of amides is 1. The first-order valence-electron chi connectivity index (χ1n) is 11.0. The summed E-state index contributed by atoms with van der Waals surface area (Å²) in [5.41, 5.74) is 5.86. The Labute approximate surface area is 181 Å². The van der Waals surface area contributed by atoms with Crippen LogP contribution in [0.15, 0.2) is 61.1 Å². The van der Waals surface area contributed by atoms with Crippen LogP contribution in [0, 0.1) is 6.92 Å². The van der Waals surface area contributed by atoms with E-state index in [4.69, 9.17) is 0 Å². The highest BCUT2D eigenvalue weighted by Gasteiger charge is 2.28. The molecule has 1 amide bonds. The van der Waals surface area contributed by atoms with E-state index < -0.39 is 0 Å². The molecule has 6 nitrogen and oxygen atoms in total. The predicted octanol–water partition coefficient (Wildman–Crippen LogP) is 4.53. The van der Waals surface area contributed by atoms with Gasteiger partial charge in [-0.05, 0) is 49.6 Å². The summed E-state index contributed by atoms with van der Waals surface area (Å²) in [6, 6.07) is 14.5. The molecule has 3 aromatic heterocycles. The van der Waals surface area contributed by atoms with Gasteiger partial charge in [-0.25, -0.2) is 0 Å². The number of nitrogens with zero attached hydrogens (tertiary/aromatic N) is 4. The highest BCUT2D eigenvalue weighted by Crippen LogP contribution is 2.39. The number of aryl methyl sites for hydroxylation is 2. The number of benzene rings is 1. The quantitative estimate of drug-likeness (QED) is 0.523. The van der Waals surface area contributed by atoms with Crippen LogP contribution in [-0.4, -0.2) is 43.6 Å². The zero-order valence-corrected chi connectivity index (χ0v) is 17.8. The van der Waals surface area contributed by atoms with Crippen molar-refractivity contribution >= 4 is 16.8 Å². The van der Waals surface area contributed by atoms with Crippen molar-refractivity contribution in [3.63, 3.8) is 0 Å². The molecule has 0 saturated carbocycles. The molecule has 1 atom stereocenters. The maximum Gasteiger partial charge on any atom is 0.224 e. The molecule has 0 aliphatic carbocycles. The lowest BCUT2D eigenvalue weighted by atomic mass is 9.89. The first-order chi connectivity index (χ1) is 15.2. The van der Waals surface area contributed by atoms with E-state index in [1.807, 2.05) is 35.0 Å². The first-order valence-corrected chi connectivity index (χ1v) is 11.0. The normalized spacial score (nSPS) is 16.7. The summed E-state index contributed by atoms with van der Waals surface area (Å²) >= 11 is 0. The minimum atomic E-state index is 0.209. The van der Waals surface area contributed by atoms with Crippen LogP contribution in [0.4, 0.5) is 0 Å². The Kier molecular flexibility index (Phi) is 5.28. The van der Waals surface area contributed by atoms with E-state index in [1.165, 1.54) is 22.2 Å². The van der Waals surface area contributed by atoms with Crippen molar-refractivity contribution in [1.82, 2.24) is 24.6 Å². The zero-order valence-electron chi connectivity index (χ0n) is 17.8. The lowest BCUT2D eigenvalue weighted by molar-refractivity contribution is -0.132. The number of aromatic nitrogens is 4. The van der Waals surface area contributed by atoms with Crippen LogP contribution in [0.5, 0.6) is 0 Å². The number of aromatic amines is 1. The summed E-state index contributed by atoms with van der Waals surface area (Å²) in [7, 11) is 0. The molecule has 1 aliphatic heterocycles. The summed E-state index contributed by atoms with van der Waals surface area (Å²) in [5, 5.41) is 5.52. The molecule has 1 N–H and O–H groups in total. The third-order valence-electron chi connectivity index (χ3n) is 6.35. The standard InChI is InChI=1S/C25H27N5O/c1-18-8-14-27-30(18)16-11-23(31)29-15-4-5-20(17-29)25-24(19-9-12-26-13-10-19)21-6-2-3-7-22(21)28-25/h2-3,6-10,12-14,20,28H,4-5,11,15-17H2,1H3. The minimum Gasteiger partial charge on any atom is -0.358 e. The van der Waals surface area contributed by atoms with Crippen LogP contribution in [0.25, 0.3) is 22.0 Å². The molecular weight excluding hydrogens is 386 g/mol. The summed E-state index contributed by atoms with van der Waals surface area (Å²) in [5.74, 6) is 0.501. The maximum absolute atomic E-state index is 13.0. The van der Waals surface area contributed by atoms with Gasteiger partial charge in [-0.3, -0.25) is 14.5 Å². The average molecular weight is 414 g/mol. The smallest absolute Gasteiger partial charge is 0.224 e. The second kappa shape index (κ2) is 8.38. The number of rotatable bonds is 5. The summed E-state index contributed by atoms with van der Waals surface area (Å²) in [6.07, 6.45) is 8.05. The Hall–Kier alpha value is -3.41. The van der Waals surface area contributed by atoms with E-state index in [9.17, 15) is 4.79 Å². The highest BCUT2D eigenvalue weighted by molar-refractivity contribution is 5.97. The van der Waals surface area contributed by atoms with Gasteiger partial charge in [0.15, 0.2) is 0 Å². The predicted molar refractivity (Wildman–Crippen MR) is 122 cm³/mol. The molecule has 0 radical (unpaired) electrons.